The molecule has 0 saturated carbocycles. The van der Waals surface area contributed by atoms with Crippen LogP contribution in [0.15, 0.2) is 47.8 Å². The largest absolute Gasteiger partial charge is 0.295 e. The first kappa shape index (κ1) is 15.7. The van der Waals surface area contributed by atoms with Gasteiger partial charge in [-0.25, -0.2) is 0 Å². The lowest BCUT2D eigenvalue weighted by atomic mass is 10.00. The van der Waals surface area contributed by atoms with Gasteiger partial charge in [0.05, 0.1) is 0 Å². The topological polar surface area (TPSA) is 3.24 Å². The minimum atomic E-state index is 0.540. The zero-order valence-corrected chi connectivity index (χ0v) is 14.5. The zero-order chi connectivity index (χ0) is 14.4. The van der Waals surface area contributed by atoms with Gasteiger partial charge in [0.15, 0.2) is 0 Å². The van der Waals surface area contributed by atoms with Crippen LogP contribution in [0.25, 0.3) is 0 Å². The fraction of sp³-hybridized carbons (Fsp3) is 0.412. The highest BCUT2D eigenvalue weighted by atomic mass is 79.9. The molecule has 3 heteroatoms. The van der Waals surface area contributed by atoms with Crippen molar-refractivity contribution in [1.82, 2.24) is 4.90 Å². The Morgan fingerprint density at radius 1 is 1.10 bits per heavy atom. The number of halogens is 1. The Morgan fingerprint density at radius 2 is 1.85 bits per heavy atom. The number of benzene rings is 1. The van der Waals surface area contributed by atoms with Crippen molar-refractivity contribution in [3.63, 3.8) is 0 Å². The molecule has 1 aromatic heterocycles. The summed E-state index contributed by atoms with van der Waals surface area (Å²) in [7, 11) is 0. The molecular formula is C17H22BrNS. The van der Waals surface area contributed by atoms with Crippen molar-refractivity contribution < 1.29 is 0 Å². The summed E-state index contributed by atoms with van der Waals surface area (Å²) in [5.74, 6) is 0.540. The maximum absolute atomic E-state index is 3.68. The van der Waals surface area contributed by atoms with Gasteiger partial charge < -0.3 is 0 Å². The number of nitrogens with zero attached hydrogens (tertiary/aromatic N) is 1. The van der Waals surface area contributed by atoms with Crippen LogP contribution in [0.1, 0.15) is 30.2 Å². The first-order chi connectivity index (χ1) is 9.70. The van der Waals surface area contributed by atoms with Gasteiger partial charge in [-0.3, -0.25) is 4.90 Å². The van der Waals surface area contributed by atoms with Gasteiger partial charge in [0.2, 0.25) is 0 Å². The summed E-state index contributed by atoms with van der Waals surface area (Å²) in [6.07, 6.45) is 0. The van der Waals surface area contributed by atoms with Crippen LogP contribution in [0.3, 0.4) is 0 Å². The molecule has 0 amide bonds. The first-order valence-corrected chi connectivity index (χ1v) is 9.08. The van der Waals surface area contributed by atoms with Gasteiger partial charge in [-0.2, -0.15) is 0 Å². The van der Waals surface area contributed by atoms with Gasteiger partial charge in [0.1, 0.15) is 0 Å². The van der Waals surface area contributed by atoms with Crippen LogP contribution in [-0.2, 0) is 6.54 Å². The molecule has 0 aliphatic carbocycles. The van der Waals surface area contributed by atoms with Crippen molar-refractivity contribution in [3.05, 3.63) is 58.3 Å². The minimum absolute atomic E-state index is 0.540. The van der Waals surface area contributed by atoms with Crippen LogP contribution in [0.5, 0.6) is 0 Å². The average molecular weight is 352 g/mol. The van der Waals surface area contributed by atoms with Crippen LogP contribution in [0.2, 0.25) is 0 Å². The number of alkyl halides is 1. The van der Waals surface area contributed by atoms with Gasteiger partial charge in [-0.15, -0.1) is 11.3 Å². The van der Waals surface area contributed by atoms with E-state index in [4.69, 9.17) is 0 Å². The fourth-order valence-corrected chi connectivity index (χ4v) is 3.62. The predicted molar refractivity (Wildman–Crippen MR) is 92.8 cm³/mol. The molecule has 1 nitrogen and oxygen atoms in total. The van der Waals surface area contributed by atoms with E-state index in [0.29, 0.717) is 12.0 Å². The fourth-order valence-electron chi connectivity index (χ4n) is 2.31. The molecule has 1 aromatic carbocycles. The number of hydrogen-bond acceptors (Lipinski definition) is 2. The van der Waals surface area contributed by atoms with E-state index in [1.807, 2.05) is 11.3 Å². The number of hydrogen-bond donors (Lipinski definition) is 0. The molecule has 0 fully saturated rings. The highest BCUT2D eigenvalue weighted by Crippen LogP contribution is 2.22. The van der Waals surface area contributed by atoms with Crippen LogP contribution in [-0.4, -0.2) is 22.8 Å². The molecule has 0 aliphatic rings. The molecule has 1 atom stereocenters. The van der Waals surface area contributed by atoms with Crippen molar-refractivity contribution in [2.45, 2.75) is 32.4 Å². The smallest absolute Gasteiger partial charge is 0.0330 e. The molecular weight excluding hydrogens is 330 g/mol. The minimum Gasteiger partial charge on any atom is -0.295 e. The van der Waals surface area contributed by atoms with Crippen molar-refractivity contribution in [1.29, 1.82) is 0 Å². The molecule has 0 radical (unpaired) electrons. The van der Waals surface area contributed by atoms with Gasteiger partial charge in [0, 0.05) is 35.3 Å². The van der Waals surface area contributed by atoms with Gasteiger partial charge in [-0.1, -0.05) is 52.3 Å². The second-order valence-electron chi connectivity index (χ2n) is 5.36. The van der Waals surface area contributed by atoms with E-state index < -0.39 is 0 Å². The summed E-state index contributed by atoms with van der Waals surface area (Å²) in [6.45, 7) is 6.70. The molecule has 0 spiro atoms. The summed E-state index contributed by atoms with van der Waals surface area (Å²) < 4.78 is 0. The summed E-state index contributed by atoms with van der Waals surface area (Å²) >= 11 is 5.53. The van der Waals surface area contributed by atoms with E-state index in [0.717, 1.165) is 18.4 Å². The van der Waals surface area contributed by atoms with Crippen molar-refractivity contribution in [3.8, 4) is 0 Å². The van der Waals surface area contributed by atoms with Crippen LogP contribution in [0.4, 0.5) is 0 Å². The Bertz CT molecular complexity index is 481. The number of thiophene rings is 1. The summed E-state index contributed by atoms with van der Waals surface area (Å²) in [4.78, 5) is 4.00. The summed E-state index contributed by atoms with van der Waals surface area (Å²) in [5.41, 5.74) is 1.42. The van der Waals surface area contributed by atoms with E-state index in [-0.39, 0.29) is 0 Å². The Hall–Kier alpha value is -0.640. The molecule has 2 aromatic rings. The third kappa shape index (κ3) is 4.44. The second kappa shape index (κ2) is 7.96. The van der Waals surface area contributed by atoms with E-state index in [9.17, 15) is 0 Å². The van der Waals surface area contributed by atoms with Crippen molar-refractivity contribution in [2.75, 3.05) is 11.9 Å². The lowest BCUT2D eigenvalue weighted by molar-refractivity contribution is 0.205. The normalized spacial score (nSPS) is 13.1. The first-order valence-electron chi connectivity index (χ1n) is 7.08. The third-order valence-electron chi connectivity index (χ3n) is 3.58. The predicted octanol–water partition coefficient (Wildman–Crippen LogP) is 5.14. The average Bonchev–Trinajstić information content (AvgIpc) is 2.97. The Balaban J connectivity index is 2.06. The number of rotatable bonds is 7. The Kier molecular flexibility index (Phi) is 6.27. The molecule has 0 saturated heterocycles. The molecule has 2 rings (SSSR count). The van der Waals surface area contributed by atoms with E-state index in [1.54, 1.807) is 0 Å². The summed E-state index contributed by atoms with van der Waals surface area (Å²) in [6, 6.07) is 15.7. The highest BCUT2D eigenvalue weighted by Gasteiger charge is 2.18. The SMILES string of the molecule is CC(C)N(Cc1cccs1)CC(CBr)c1ccccc1. The maximum Gasteiger partial charge on any atom is 0.0330 e. The summed E-state index contributed by atoms with van der Waals surface area (Å²) in [5, 5.41) is 3.16. The monoisotopic (exact) mass is 351 g/mol. The Morgan fingerprint density at radius 3 is 2.40 bits per heavy atom. The third-order valence-corrected chi connectivity index (χ3v) is 5.22. The van der Waals surface area contributed by atoms with Crippen LogP contribution in [0, 0.1) is 0 Å². The molecule has 1 unspecified atom stereocenters. The Labute approximate surface area is 134 Å². The van der Waals surface area contributed by atoms with E-state index >= 15 is 0 Å². The van der Waals surface area contributed by atoms with E-state index in [2.05, 4.69) is 82.5 Å². The molecule has 0 aliphatic heterocycles. The highest BCUT2D eigenvalue weighted by molar-refractivity contribution is 9.09. The molecule has 0 bridgehead atoms. The van der Waals surface area contributed by atoms with E-state index in [1.165, 1.54) is 10.4 Å². The quantitative estimate of drug-likeness (QED) is 0.624. The van der Waals surface area contributed by atoms with Crippen LogP contribution < -0.4 is 0 Å². The van der Waals surface area contributed by atoms with Crippen molar-refractivity contribution >= 4 is 27.3 Å². The van der Waals surface area contributed by atoms with Crippen LogP contribution >= 0.6 is 27.3 Å². The zero-order valence-electron chi connectivity index (χ0n) is 12.1. The van der Waals surface area contributed by atoms with Crippen molar-refractivity contribution in [2.24, 2.45) is 0 Å². The molecule has 20 heavy (non-hydrogen) atoms. The molecule has 0 N–H and O–H groups in total. The maximum atomic E-state index is 3.68. The van der Waals surface area contributed by atoms with Gasteiger partial charge >= 0.3 is 0 Å². The standard InChI is InChI=1S/C17H22BrNS/c1-14(2)19(13-17-9-6-10-20-17)12-16(11-18)15-7-4-3-5-8-15/h3-10,14,16H,11-13H2,1-2H3. The second-order valence-corrected chi connectivity index (χ2v) is 7.04. The molecule has 108 valence electrons. The molecule has 1 heterocycles. The van der Waals surface area contributed by atoms with Gasteiger partial charge in [0.25, 0.3) is 0 Å². The van der Waals surface area contributed by atoms with Gasteiger partial charge in [-0.05, 0) is 30.9 Å². The lowest BCUT2D eigenvalue weighted by Crippen LogP contribution is -2.34. The lowest BCUT2D eigenvalue weighted by Gasteiger charge is -2.30.